The van der Waals surface area contributed by atoms with E-state index in [1.165, 1.54) is 50.5 Å². The van der Waals surface area contributed by atoms with E-state index in [2.05, 4.69) is 11.4 Å². The summed E-state index contributed by atoms with van der Waals surface area (Å²) in [6.45, 7) is 2.02. The number of hydrogen-bond donors (Lipinski definition) is 1. The standard InChI is InChI=1S/C17H24ClNO2/c18-15-10-13(11-16-17(15)21-9-8-20-16)12-19-14-6-4-2-1-3-5-7-14/h10-11,14,19H,1-9,12H2. The van der Waals surface area contributed by atoms with Gasteiger partial charge in [-0.3, -0.25) is 0 Å². The van der Waals surface area contributed by atoms with E-state index < -0.39 is 0 Å². The smallest absolute Gasteiger partial charge is 0.179 e. The molecule has 0 saturated heterocycles. The van der Waals surface area contributed by atoms with Crippen LogP contribution >= 0.6 is 11.6 Å². The molecular formula is C17H24ClNO2. The summed E-state index contributed by atoms with van der Waals surface area (Å²) < 4.78 is 11.2. The maximum Gasteiger partial charge on any atom is 0.179 e. The first-order chi connectivity index (χ1) is 10.3. The Morgan fingerprint density at radius 2 is 1.71 bits per heavy atom. The molecule has 2 aliphatic rings. The highest BCUT2D eigenvalue weighted by Crippen LogP contribution is 2.38. The molecule has 0 amide bonds. The molecule has 0 aromatic heterocycles. The molecule has 0 bridgehead atoms. The van der Waals surface area contributed by atoms with Crippen LogP contribution in [0, 0.1) is 0 Å². The number of hydrogen-bond acceptors (Lipinski definition) is 3. The van der Waals surface area contributed by atoms with Crippen molar-refractivity contribution >= 4 is 11.6 Å². The molecule has 0 unspecified atom stereocenters. The minimum Gasteiger partial charge on any atom is -0.486 e. The van der Waals surface area contributed by atoms with Crippen LogP contribution in [-0.4, -0.2) is 19.3 Å². The van der Waals surface area contributed by atoms with Crippen LogP contribution in [0.4, 0.5) is 0 Å². The number of ether oxygens (including phenoxy) is 2. The second kappa shape index (κ2) is 7.37. The van der Waals surface area contributed by atoms with Gasteiger partial charge in [0.1, 0.15) is 13.2 Å². The minimum absolute atomic E-state index is 0.576. The van der Waals surface area contributed by atoms with E-state index in [4.69, 9.17) is 21.1 Å². The maximum absolute atomic E-state index is 6.28. The fraction of sp³-hybridized carbons (Fsp3) is 0.647. The van der Waals surface area contributed by atoms with E-state index in [-0.39, 0.29) is 0 Å². The van der Waals surface area contributed by atoms with Gasteiger partial charge in [-0.05, 0) is 30.5 Å². The van der Waals surface area contributed by atoms with Crippen molar-refractivity contribution in [3.8, 4) is 11.5 Å². The second-order valence-corrected chi connectivity index (χ2v) is 6.43. The summed E-state index contributed by atoms with van der Waals surface area (Å²) in [5, 5.41) is 4.34. The highest BCUT2D eigenvalue weighted by molar-refractivity contribution is 6.32. The first-order valence-electron chi connectivity index (χ1n) is 8.14. The lowest BCUT2D eigenvalue weighted by molar-refractivity contribution is 0.171. The first-order valence-corrected chi connectivity index (χ1v) is 8.52. The van der Waals surface area contributed by atoms with Gasteiger partial charge in [-0.25, -0.2) is 0 Å². The third-order valence-corrected chi connectivity index (χ3v) is 4.64. The Labute approximate surface area is 132 Å². The molecule has 1 fully saturated rings. The Kier molecular flexibility index (Phi) is 5.26. The van der Waals surface area contributed by atoms with Crippen molar-refractivity contribution in [2.24, 2.45) is 0 Å². The largest absolute Gasteiger partial charge is 0.486 e. The van der Waals surface area contributed by atoms with Crippen LogP contribution in [0.25, 0.3) is 0 Å². The van der Waals surface area contributed by atoms with Crippen molar-refractivity contribution in [2.45, 2.75) is 57.5 Å². The minimum atomic E-state index is 0.576. The third-order valence-electron chi connectivity index (χ3n) is 4.36. The highest BCUT2D eigenvalue weighted by Gasteiger charge is 2.17. The fourth-order valence-electron chi connectivity index (χ4n) is 3.19. The van der Waals surface area contributed by atoms with Crippen molar-refractivity contribution in [1.29, 1.82) is 0 Å². The quantitative estimate of drug-likeness (QED) is 0.902. The number of fused-ring (bicyclic) bond motifs is 1. The van der Waals surface area contributed by atoms with Crippen LogP contribution in [0.15, 0.2) is 12.1 Å². The van der Waals surface area contributed by atoms with E-state index in [1.807, 2.05) is 6.07 Å². The average Bonchev–Trinajstić information content (AvgIpc) is 2.46. The lowest BCUT2D eigenvalue weighted by Crippen LogP contribution is -2.29. The molecule has 3 rings (SSSR count). The van der Waals surface area contributed by atoms with Crippen molar-refractivity contribution in [1.82, 2.24) is 5.32 Å². The van der Waals surface area contributed by atoms with Crippen molar-refractivity contribution in [3.05, 3.63) is 22.7 Å². The molecule has 1 saturated carbocycles. The van der Waals surface area contributed by atoms with Crippen molar-refractivity contribution in [3.63, 3.8) is 0 Å². The van der Waals surface area contributed by atoms with Crippen LogP contribution in [0.1, 0.15) is 50.5 Å². The summed E-state index contributed by atoms with van der Waals surface area (Å²) in [5.41, 5.74) is 1.17. The monoisotopic (exact) mass is 309 g/mol. The molecule has 1 aliphatic carbocycles. The van der Waals surface area contributed by atoms with Crippen LogP contribution in [-0.2, 0) is 6.54 Å². The van der Waals surface area contributed by atoms with E-state index in [0.29, 0.717) is 30.0 Å². The van der Waals surface area contributed by atoms with Crippen molar-refractivity contribution in [2.75, 3.05) is 13.2 Å². The Balaban J connectivity index is 1.60. The molecule has 0 atom stereocenters. The molecule has 1 heterocycles. The average molecular weight is 310 g/mol. The van der Waals surface area contributed by atoms with Gasteiger partial charge in [0.25, 0.3) is 0 Å². The predicted molar refractivity (Wildman–Crippen MR) is 85.4 cm³/mol. The molecule has 3 nitrogen and oxygen atoms in total. The lowest BCUT2D eigenvalue weighted by atomic mass is 9.96. The Morgan fingerprint density at radius 1 is 1.00 bits per heavy atom. The van der Waals surface area contributed by atoms with Gasteiger partial charge in [0.15, 0.2) is 11.5 Å². The first kappa shape index (κ1) is 15.0. The zero-order valence-electron chi connectivity index (χ0n) is 12.5. The van der Waals surface area contributed by atoms with Gasteiger partial charge in [-0.15, -0.1) is 0 Å². The van der Waals surface area contributed by atoms with Crippen LogP contribution in [0.2, 0.25) is 5.02 Å². The maximum atomic E-state index is 6.28. The van der Waals surface area contributed by atoms with Crippen molar-refractivity contribution < 1.29 is 9.47 Å². The van der Waals surface area contributed by atoms with Gasteiger partial charge in [0.2, 0.25) is 0 Å². The molecule has 0 radical (unpaired) electrons. The molecule has 4 heteroatoms. The summed E-state index contributed by atoms with van der Waals surface area (Å²) in [7, 11) is 0. The third kappa shape index (κ3) is 4.04. The zero-order chi connectivity index (χ0) is 14.5. The van der Waals surface area contributed by atoms with Crippen LogP contribution in [0.5, 0.6) is 11.5 Å². The molecule has 1 aromatic carbocycles. The Morgan fingerprint density at radius 3 is 2.52 bits per heavy atom. The number of halogens is 1. The molecule has 116 valence electrons. The summed E-state index contributed by atoms with van der Waals surface area (Å²) in [5.74, 6) is 1.47. The van der Waals surface area contributed by atoms with E-state index >= 15 is 0 Å². The zero-order valence-corrected chi connectivity index (χ0v) is 13.3. The normalized spacial score (nSPS) is 19.9. The molecule has 0 spiro atoms. The molecule has 1 aliphatic heterocycles. The van der Waals surface area contributed by atoms with E-state index in [0.717, 1.165) is 12.3 Å². The predicted octanol–water partition coefficient (Wildman–Crippen LogP) is 4.31. The van der Waals surface area contributed by atoms with Crippen LogP contribution in [0.3, 0.4) is 0 Å². The topological polar surface area (TPSA) is 30.5 Å². The fourth-order valence-corrected chi connectivity index (χ4v) is 3.48. The lowest BCUT2D eigenvalue weighted by Gasteiger charge is -2.23. The summed E-state index contributed by atoms with van der Waals surface area (Å²) >= 11 is 6.28. The van der Waals surface area contributed by atoms with E-state index in [1.54, 1.807) is 0 Å². The number of rotatable bonds is 3. The molecule has 21 heavy (non-hydrogen) atoms. The number of benzene rings is 1. The van der Waals surface area contributed by atoms with Gasteiger partial charge in [-0.2, -0.15) is 0 Å². The van der Waals surface area contributed by atoms with Gasteiger partial charge in [-0.1, -0.05) is 43.7 Å². The summed E-state index contributed by atoms with van der Waals surface area (Å²) in [4.78, 5) is 0. The highest BCUT2D eigenvalue weighted by atomic mass is 35.5. The van der Waals surface area contributed by atoms with Gasteiger partial charge in [0, 0.05) is 12.6 Å². The summed E-state index contributed by atoms with van der Waals surface area (Å²) in [6, 6.07) is 4.68. The van der Waals surface area contributed by atoms with Gasteiger partial charge in [0.05, 0.1) is 5.02 Å². The Bertz CT molecular complexity index is 470. The number of nitrogens with one attached hydrogen (secondary N) is 1. The SMILES string of the molecule is Clc1cc(CNC2CCCCCCC2)cc2c1OCCO2. The summed E-state index contributed by atoms with van der Waals surface area (Å²) in [6.07, 6.45) is 9.45. The molecule has 1 aromatic rings. The van der Waals surface area contributed by atoms with E-state index in [9.17, 15) is 0 Å². The van der Waals surface area contributed by atoms with Gasteiger partial charge < -0.3 is 14.8 Å². The van der Waals surface area contributed by atoms with Crippen LogP contribution < -0.4 is 14.8 Å². The molecule has 1 N–H and O–H groups in total. The van der Waals surface area contributed by atoms with Gasteiger partial charge >= 0.3 is 0 Å². The molecular weight excluding hydrogens is 286 g/mol. The second-order valence-electron chi connectivity index (χ2n) is 6.02. The Hall–Kier alpha value is -0.930.